The van der Waals surface area contributed by atoms with Crippen molar-refractivity contribution in [3.8, 4) is 11.6 Å². The number of carbonyl (C=O) groups is 1. The van der Waals surface area contributed by atoms with Gasteiger partial charge in [0.1, 0.15) is 17.8 Å². The van der Waals surface area contributed by atoms with Gasteiger partial charge in [0, 0.05) is 32.2 Å². The third-order valence-corrected chi connectivity index (χ3v) is 6.96. The van der Waals surface area contributed by atoms with Crippen molar-refractivity contribution in [3.05, 3.63) is 36.8 Å². The van der Waals surface area contributed by atoms with Gasteiger partial charge >= 0.3 is 0 Å². The summed E-state index contributed by atoms with van der Waals surface area (Å²) in [7, 11) is -3.30. The number of carbonyl (C=O) groups excluding carboxylic acids is 1. The molecule has 3 aromatic rings. The van der Waals surface area contributed by atoms with Crippen LogP contribution in [0.3, 0.4) is 0 Å². The van der Waals surface area contributed by atoms with E-state index in [-0.39, 0.29) is 23.5 Å². The van der Waals surface area contributed by atoms with E-state index in [4.69, 9.17) is 9.47 Å². The lowest BCUT2D eigenvalue weighted by atomic mass is 10.1. The Bertz CT molecular complexity index is 1330. The summed E-state index contributed by atoms with van der Waals surface area (Å²) >= 11 is 0. The number of hydrogen-bond donors (Lipinski definition) is 1. The van der Waals surface area contributed by atoms with Gasteiger partial charge in [-0.3, -0.25) is 4.79 Å². The molecule has 2 aromatic heterocycles. The summed E-state index contributed by atoms with van der Waals surface area (Å²) in [5.74, 6) is 0.0488. The Morgan fingerprint density at radius 2 is 1.83 bits per heavy atom. The highest BCUT2D eigenvalue weighted by atomic mass is 32.2. The van der Waals surface area contributed by atoms with Crippen LogP contribution in [0, 0.1) is 0 Å². The van der Waals surface area contributed by atoms with Crippen molar-refractivity contribution in [1.29, 1.82) is 0 Å². The molecule has 194 valence electrons. The van der Waals surface area contributed by atoms with Crippen LogP contribution < -0.4 is 4.74 Å². The zero-order valence-electron chi connectivity index (χ0n) is 20.8. The third kappa shape index (κ3) is 6.00. The van der Waals surface area contributed by atoms with Gasteiger partial charge in [-0.15, -0.1) is 0 Å². The zero-order valence-corrected chi connectivity index (χ0v) is 21.6. The predicted octanol–water partition coefficient (Wildman–Crippen LogP) is 1.76. The van der Waals surface area contributed by atoms with Crippen LogP contribution >= 0.6 is 0 Å². The summed E-state index contributed by atoms with van der Waals surface area (Å²) in [6.45, 7) is 6.48. The Hall–Kier alpha value is -3.09. The molecule has 4 rings (SSSR count). The Morgan fingerprint density at radius 1 is 1.17 bits per heavy atom. The zero-order chi connectivity index (χ0) is 26.1. The van der Waals surface area contributed by atoms with Crippen molar-refractivity contribution in [1.82, 2.24) is 24.6 Å². The van der Waals surface area contributed by atoms with E-state index in [0.29, 0.717) is 48.5 Å². The molecule has 0 bridgehead atoms. The smallest absolute Gasteiger partial charge is 0.253 e. The van der Waals surface area contributed by atoms with Gasteiger partial charge in [-0.1, -0.05) is 0 Å². The van der Waals surface area contributed by atoms with Crippen molar-refractivity contribution in [2.24, 2.45) is 0 Å². The van der Waals surface area contributed by atoms with Crippen LogP contribution in [-0.2, 0) is 19.4 Å². The van der Waals surface area contributed by atoms with Crippen LogP contribution in [0.5, 0.6) is 5.88 Å². The average molecular weight is 518 g/mol. The number of rotatable bonds is 7. The first-order valence-electron chi connectivity index (χ1n) is 11.7. The highest BCUT2D eigenvalue weighted by Gasteiger charge is 2.29. The van der Waals surface area contributed by atoms with Gasteiger partial charge in [-0.25, -0.2) is 23.1 Å². The molecular formula is C24H31N5O6S. The molecule has 1 N–H and O–H groups in total. The minimum Gasteiger partial charge on any atom is -0.474 e. The Morgan fingerprint density at radius 3 is 2.44 bits per heavy atom. The van der Waals surface area contributed by atoms with Gasteiger partial charge in [0.25, 0.3) is 5.91 Å². The maximum atomic E-state index is 12.6. The summed E-state index contributed by atoms with van der Waals surface area (Å²) in [4.78, 5) is 23.0. The number of sulfone groups is 1. The van der Waals surface area contributed by atoms with Crippen molar-refractivity contribution in [3.63, 3.8) is 0 Å². The summed E-state index contributed by atoms with van der Waals surface area (Å²) in [6.07, 6.45) is 3.99. The summed E-state index contributed by atoms with van der Waals surface area (Å²) in [5.41, 5.74) is 0.753. The first-order valence-corrected chi connectivity index (χ1v) is 13.6. The van der Waals surface area contributed by atoms with Crippen molar-refractivity contribution in [2.75, 3.05) is 26.0 Å². The number of likely N-dealkylation sites (tertiary alicyclic amines) is 1. The van der Waals surface area contributed by atoms with Gasteiger partial charge in [-0.05, 0) is 45.0 Å². The lowest BCUT2D eigenvalue weighted by molar-refractivity contribution is -0.148. The molecule has 1 fully saturated rings. The van der Waals surface area contributed by atoms with Crippen LogP contribution in [0.4, 0.5) is 0 Å². The molecule has 1 saturated heterocycles. The maximum Gasteiger partial charge on any atom is 0.253 e. The lowest BCUT2D eigenvalue weighted by Crippen LogP contribution is -2.47. The largest absolute Gasteiger partial charge is 0.474 e. The highest BCUT2D eigenvalue weighted by molar-refractivity contribution is 7.90. The molecule has 1 aromatic carbocycles. The third-order valence-electron chi connectivity index (χ3n) is 5.83. The van der Waals surface area contributed by atoms with E-state index < -0.39 is 21.5 Å². The molecule has 1 unspecified atom stereocenters. The van der Waals surface area contributed by atoms with E-state index in [1.54, 1.807) is 27.9 Å². The second kappa shape index (κ2) is 10.1. The van der Waals surface area contributed by atoms with E-state index in [1.807, 2.05) is 20.8 Å². The number of amides is 1. The quantitative estimate of drug-likeness (QED) is 0.497. The fourth-order valence-corrected chi connectivity index (χ4v) is 4.53. The van der Waals surface area contributed by atoms with Crippen LogP contribution in [0.2, 0.25) is 0 Å². The van der Waals surface area contributed by atoms with E-state index >= 15 is 0 Å². The minimum absolute atomic E-state index is 0.0430. The number of aromatic nitrogens is 4. The summed E-state index contributed by atoms with van der Waals surface area (Å²) in [6, 6.07) is 6.38. The molecular weight excluding hydrogens is 486 g/mol. The first-order chi connectivity index (χ1) is 16.9. The van der Waals surface area contributed by atoms with Crippen LogP contribution in [0.15, 0.2) is 41.7 Å². The van der Waals surface area contributed by atoms with E-state index in [9.17, 15) is 18.3 Å². The molecule has 3 heterocycles. The molecule has 0 aliphatic carbocycles. The van der Waals surface area contributed by atoms with Gasteiger partial charge in [0.15, 0.2) is 21.6 Å². The molecule has 1 amide bonds. The molecule has 11 nitrogen and oxygen atoms in total. The molecule has 1 aliphatic heterocycles. The summed E-state index contributed by atoms with van der Waals surface area (Å²) < 4.78 is 36.7. The van der Waals surface area contributed by atoms with Crippen molar-refractivity contribution >= 4 is 26.8 Å². The number of ether oxygens (including phenoxy) is 2. The molecule has 0 saturated carbocycles. The number of benzene rings is 1. The fourth-order valence-electron chi connectivity index (χ4n) is 3.90. The molecule has 1 atom stereocenters. The van der Waals surface area contributed by atoms with Gasteiger partial charge in [-0.2, -0.15) is 5.10 Å². The number of piperidine rings is 1. The van der Waals surface area contributed by atoms with E-state index in [2.05, 4.69) is 15.1 Å². The SMILES string of the molecule is CC(C)(C)OCC(O)C(=O)N1CCC(Oc2ncnc3c2cnn3-c2ccc(S(C)(=O)=O)cc2)CC1. The van der Waals surface area contributed by atoms with E-state index in [1.165, 1.54) is 18.5 Å². The molecule has 1 aliphatic rings. The number of hydrogen-bond acceptors (Lipinski definition) is 9. The number of fused-ring (bicyclic) bond motifs is 1. The van der Waals surface area contributed by atoms with Crippen molar-refractivity contribution in [2.45, 2.75) is 56.3 Å². The highest BCUT2D eigenvalue weighted by Crippen LogP contribution is 2.27. The second-order valence-corrected chi connectivity index (χ2v) is 11.8. The Labute approximate surface area is 210 Å². The lowest BCUT2D eigenvalue weighted by Gasteiger charge is -2.33. The average Bonchev–Trinajstić information content (AvgIpc) is 3.27. The number of nitrogens with zero attached hydrogens (tertiary/aromatic N) is 5. The maximum absolute atomic E-state index is 12.6. The van der Waals surface area contributed by atoms with Gasteiger partial charge < -0.3 is 19.5 Å². The molecule has 12 heteroatoms. The summed E-state index contributed by atoms with van der Waals surface area (Å²) in [5, 5.41) is 15.2. The molecule has 0 spiro atoms. The van der Waals surface area contributed by atoms with E-state index in [0.717, 1.165) is 6.26 Å². The first kappa shape index (κ1) is 26.0. The normalized spacial score (nSPS) is 16.3. The monoisotopic (exact) mass is 517 g/mol. The Kier molecular flexibility index (Phi) is 7.30. The topological polar surface area (TPSA) is 137 Å². The van der Waals surface area contributed by atoms with Gasteiger partial charge in [0.05, 0.1) is 29.0 Å². The van der Waals surface area contributed by atoms with Crippen LogP contribution in [0.1, 0.15) is 33.6 Å². The van der Waals surface area contributed by atoms with Crippen molar-refractivity contribution < 1.29 is 27.8 Å². The fraction of sp³-hybridized carbons (Fsp3) is 0.500. The second-order valence-electron chi connectivity index (χ2n) is 9.82. The molecule has 0 radical (unpaired) electrons. The van der Waals surface area contributed by atoms with Gasteiger partial charge in [0.2, 0.25) is 5.88 Å². The number of aliphatic hydroxyl groups excluding tert-OH is 1. The minimum atomic E-state index is -3.30. The predicted molar refractivity (Wildman–Crippen MR) is 132 cm³/mol. The van der Waals surface area contributed by atoms with Crippen LogP contribution in [-0.4, -0.2) is 87.8 Å². The van der Waals surface area contributed by atoms with Crippen LogP contribution in [0.25, 0.3) is 16.7 Å². The Balaban J connectivity index is 1.41. The molecule has 36 heavy (non-hydrogen) atoms. The standard InChI is InChI=1S/C24H31N5O6S/c1-24(2,3)34-14-20(30)23(31)28-11-9-17(10-12-28)35-22-19-13-27-29(21(19)25-15-26-22)16-5-7-18(8-6-16)36(4,32)33/h5-8,13,15,17,20,30H,9-12,14H2,1-4H3. The number of aliphatic hydroxyl groups is 1.